The average Bonchev–Trinajstić information content (AvgIpc) is 2.69. The van der Waals surface area contributed by atoms with E-state index in [1.807, 2.05) is 6.92 Å². The van der Waals surface area contributed by atoms with E-state index in [1.165, 1.54) is 18.0 Å². The Hall–Kier alpha value is -0.940. The average molecular weight is 270 g/mol. The van der Waals surface area contributed by atoms with Gasteiger partial charge in [-0.1, -0.05) is 13.3 Å². The summed E-state index contributed by atoms with van der Waals surface area (Å²) in [6.45, 7) is 8.02. The largest absolute Gasteiger partial charge is 0.381 e. The molecule has 0 spiro atoms. The topological polar surface area (TPSA) is 51.2 Å². The molecular weight excluding hydrogens is 248 g/mol. The summed E-state index contributed by atoms with van der Waals surface area (Å²) < 4.78 is 9.68. The van der Waals surface area contributed by atoms with Crippen LogP contribution in [0.15, 0.2) is 0 Å². The van der Waals surface area contributed by atoms with Crippen LogP contribution in [0.5, 0.6) is 0 Å². The molecule has 1 heterocycles. The van der Waals surface area contributed by atoms with Crippen molar-refractivity contribution in [3.63, 3.8) is 0 Å². The van der Waals surface area contributed by atoms with Crippen molar-refractivity contribution in [1.82, 2.24) is 4.37 Å². The zero-order valence-corrected chi connectivity index (χ0v) is 12.2. The number of carbonyl (C=O) groups excluding carboxylic acids is 1. The van der Waals surface area contributed by atoms with Gasteiger partial charge in [0, 0.05) is 19.8 Å². The van der Waals surface area contributed by atoms with E-state index >= 15 is 0 Å². The normalized spacial score (nSPS) is 10.6. The molecule has 0 unspecified atom stereocenters. The molecular formula is C13H22N2O2S. The van der Waals surface area contributed by atoms with Crippen molar-refractivity contribution < 1.29 is 9.53 Å². The Kier molecular flexibility index (Phi) is 6.90. The van der Waals surface area contributed by atoms with E-state index in [1.54, 1.807) is 6.92 Å². The SMILES string of the molecule is CCCCOCCCNc1snc(C)c1C(C)=O. The van der Waals surface area contributed by atoms with Gasteiger partial charge in [-0.05, 0) is 38.2 Å². The van der Waals surface area contributed by atoms with Crippen molar-refractivity contribution in [3.8, 4) is 0 Å². The van der Waals surface area contributed by atoms with Crippen LogP contribution < -0.4 is 5.32 Å². The maximum absolute atomic E-state index is 11.5. The molecule has 0 atom stereocenters. The molecule has 0 saturated heterocycles. The van der Waals surface area contributed by atoms with Crippen molar-refractivity contribution in [2.24, 2.45) is 0 Å². The zero-order valence-electron chi connectivity index (χ0n) is 11.4. The number of unbranched alkanes of at least 4 members (excludes halogenated alkanes) is 1. The van der Waals surface area contributed by atoms with Crippen LogP contribution in [0.1, 0.15) is 49.2 Å². The molecule has 0 aliphatic carbocycles. The molecule has 102 valence electrons. The Bertz CT molecular complexity index is 377. The minimum absolute atomic E-state index is 0.0722. The molecule has 18 heavy (non-hydrogen) atoms. The Morgan fingerprint density at radius 1 is 1.39 bits per heavy atom. The van der Waals surface area contributed by atoms with Gasteiger partial charge in [-0.25, -0.2) is 0 Å². The van der Waals surface area contributed by atoms with E-state index < -0.39 is 0 Å². The Labute approximate surface area is 113 Å². The number of ketones is 1. The second-order valence-electron chi connectivity index (χ2n) is 4.27. The van der Waals surface area contributed by atoms with E-state index in [0.717, 1.165) is 48.9 Å². The summed E-state index contributed by atoms with van der Waals surface area (Å²) in [5.74, 6) is 0.0722. The van der Waals surface area contributed by atoms with Crippen LogP contribution in [0.3, 0.4) is 0 Å². The first-order valence-electron chi connectivity index (χ1n) is 6.45. The molecule has 0 aliphatic rings. The lowest BCUT2D eigenvalue weighted by Crippen LogP contribution is -2.08. The van der Waals surface area contributed by atoms with E-state index in [0.29, 0.717) is 0 Å². The van der Waals surface area contributed by atoms with Crippen LogP contribution in [0.4, 0.5) is 5.00 Å². The smallest absolute Gasteiger partial charge is 0.164 e. The monoisotopic (exact) mass is 270 g/mol. The fourth-order valence-electron chi connectivity index (χ4n) is 1.63. The lowest BCUT2D eigenvalue weighted by atomic mass is 10.2. The van der Waals surface area contributed by atoms with E-state index in [9.17, 15) is 4.79 Å². The number of anilines is 1. The molecule has 5 heteroatoms. The van der Waals surface area contributed by atoms with Crippen molar-refractivity contribution in [2.45, 2.75) is 40.0 Å². The molecule has 0 fully saturated rings. The van der Waals surface area contributed by atoms with Gasteiger partial charge in [0.15, 0.2) is 5.78 Å². The third-order valence-corrected chi connectivity index (χ3v) is 3.50. The van der Waals surface area contributed by atoms with Crippen molar-refractivity contribution >= 4 is 22.3 Å². The molecule has 1 aromatic heterocycles. The fourth-order valence-corrected chi connectivity index (χ4v) is 2.50. The molecule has 0 bridgehead atoms. The first-order chi connectivity index (χ1) is 8.66. The molecule has 0 radical (unpaired) electrons. The second-order valence-corrected chi connectivity index (χ2v) is 5.05. The van der Waals surface area contributed by atoms with E-state index in [-0.39, 0.29) is 5.78 Å². The number of nitrogens with zero attached hydrogens (tertiary/aromatic N) is 1. The van der Waals surface area contributed by atoms with E-state index in [2.05, 4.69) is 16.6 Å². The fraction of sp³-hybridized carbons (Fsp3) is 0.692. The van der Waals surface area contributed by atoms with Gasteiger partial charge in [-0.2, -0.15) is 4.37 Å². The number of aryl methyl sites for hydroxylation is 1. The molecule has 0 aliphatic heterocycles. The predicted octanol–water partition coefficient (Wildman–Crippen LogP) is 3.27. The number of ether oxygens (including phenoxy) is 1. The highest BCUT2D eigenvalue weighted by Gasteiger charge is 2.13. The highest BCUT2D eigenvalue weighted by Crippen LogP contribution is 2.24. The van der Waals surface area contributed by atoms with Crippen LogP contribution in [0.2, 0.25) is 0 Å². The van der Waals surface area contributed by atoms with Gasteiger partial charge >= 0.3 is 0 Å². The summed E-state index contributed by atoms with van der Waals surface area (Å²) in [6, 6.07) is 0. The standard InChI is InChI=1S/C13H22N2O2S/c1-4-5-8-17-9-6-7-14-13-12(11(3)16)10(2)15-18-13/h14H,4-9H2,1-3H3. The van der Waals surface area contributed by atoms with Crippen LogP contribution in [-0.2, 0) is 4.74 Å². The number of Topliss-reactive ketones (excluding diaryl/α,β-unsaturated/α-hetero) is 1. The summed E-state index contributed by atoms with van der Waals surface area (Å²) >= 11 is 1.35. The van der Waals surface area contributed by atoms with Crippen molar-refractivity contribution in [3.05, 3.63) is 11.3 Å². The molecule has 0 aromatic carbocycles. The second kappa shape index (κ2) is 8.21. The highest BCUT2D eigenvalue weighted by molar-refractivity contribution is 7.10. The zero-order chi connectivity index (χ0) is 13.4. The minimum Gasteiger partial charge on any atom is -0.381 e. The number of hydrogen-bond donors (Lipinski definition) is 1. The summed E-state index contributed by atoms with van der Waals surface area (Å²) in [5.41, 5.74) is 1.54. The third kappa shape index (κ3) is 4.74. The highest BCUT2D eigenvalue weighted by atomic mass is 32.1. The Morgan fingerprint density at radius 3 is 2.78 bits per heavy atom. The molecule has 1 N–H and O–H groups in total. The van der Waals surface area contributed by atoms with Gasteiger partial charge in [0.1, 0.15) is 5.00 Å². The molecule has 1 aromatic rings. The maximum Gasteiger partial charge on any atom is 0.164 e. The van der Waals surface area contributed by atoms with Crippen LogP contribution in [0, 0.1) is 6.92 Å². The summed E-state index contributed by atoms with van der Waals surface area (Å²) in [6.07, 6.45) is 3.23. The Morgan fingerprint density at radius 2 is 2.11 bits per heavy atom. The van der Waals surface area contributed by atoms with Crippen LogP contribution in [-0.4, -0.2) is 29.9 Å². The van der Waals surface area contributed by atoms with Gasteiger partial charge in [-0.15, -0.1) is 0 Å². The number of hydrogen-bond acceptors (Lipinski definition) is 5. The van der Waals surface area contributed by atoms with Crippen LogP contribution >= 0.6 is 11.5 Å². The number of aromatic nitrogens is 1. The van der Waals surface area contributed by atoms with Gasteiger partial charge in [0.2, 0.25) is 0 Å². The lowest BCUT2D eigenvalue weighted by Gasteiger charge is -2.06. The first kappa shape index (κ1) is 15.1. The first-order valence-corrected chi connectivity index (χ1v) is 7.23. The number of carbonyl (C=O) groups is 1. The maximum atomic E-state index is 11.5. The quantitative estimate of drug-likeness (QED) is 0.552. The third-order valence-electron chi connectivity index (χ3n) is 2.61. The number of rotatable bonds is 9. The molecule has 0 saturated carbocycles. The molecule has 0 amide bonds. The van der Waals surface area contributed by atoms with Gasteiger partial charge in [0.05, 0.1) is 11.3 Å². The summed E-state index contributed by atoms with van der Waals surface area (Å²) in [7, 11) is 0. The predicted molar refractivity (Wildman–Crippen MR) is 75.7 cm³/mol. The summed E-state index contributed by atoms with van der Waals surface area (Å²) in [4.78, 5) is 11.5. The van der Waals surface area contributed by atoms with Crippen LogP contribution in [0.25, 0.3) is 0 Å². The van der Waals surface area contributed by atoms with Crippen molar-refractivity contribution in [2.75, 3.05) is 25.1 Å². The summed E-state index contributed by atoms with van der Waals surface area (Å²) in [5, 5.41) is 4.14. The Balaban J connectivity index is 2.25. The van der Waals surface area contributed by atoms with Gasteiger partial charge in [-0.3, -0.25) is 4.79 Å². The minimum atomic E-state index is 0.0722. The molecule has 4 nitrogen and oxygen atoms in total. The van der Waals surface area contributed by atoms with Crippen molar-refractivity contribution in [1.29, 1.82) is 0 Å². The number of nitrogens with one attached hydrogen (secondary N) is 1. The van der Waals surface area contributed by atoms with Gasteiger partial charge < -0.3 is 10.1 Å². The lowest BCUT2D eigenvalue weighted by molar-refractivity contribution is 0.101. The van der Waals surface area contributed by atoms with E-state index in [4.69, 9.17) is 4.74 Å². The molecule has 1 rings (SSSR count). The van der Waals surface area contributed by atoms with Gasteiger partial charge in [0.25, 0.3) is 0 Å².